The van der Waals surface area contributed by atoms with Crippen LogP contribution in [0.3, 0.4) is 0 Å². The van der Waals surface area contributed by atoms with Crippen LogP contribution in [0.2, 0.25) is 0 Å². The van der Waals surface area contributed by atoms with E-state index in [9.17, 15) is 9.18 Å². The van der Waals surface area contributed by atoms with E-state index in [2.05, 4.69) is 48.3 Å². The lowest BCUT2D eigenvalue weighted by Gasteiger charge is -2.35. The van der Waals surface area contributed by atoms with E-state index in [1.54, 1.807) is 18.2 Å². The number of amides is 1. The highest BCUT2D eigenvalue weighted by Gasteiger charge is 2.21. The summed E-state index contributed by atoms with van der Waals surface area (Å²) in [4.78, 5) is 14.5. The highest BCUT2D eigenvalue weighted by Crippen LogP contribution is 2.15. The first-order valence-electron chi connectivity index (χ1n) is 9.95. The van der Waals surface area contributed by atoms with Crippen LogP contribution in [0.1, 0.15) is 37.0 Å². The summed E-state index contributed by atoms with van der Waals surface area (Å²) in [6.07, 6.45) is 1.23. The number of morpholine rings is 1. The van der Waals surface area contributed by atoms with Gasteiger partial charge in [-0.15, -0.1) is 0 Å². The van der Waals surface area contributed by atoms with Crippen molar-refractivity contribution in [3.63, 3.8) is 0 Å². The van der Waals surface area contributed by atoms with E-state index in [4.69, 9.17) is 4.74 Å². The lowest BCUT2D eigenvalue weighted by Crippen LogP contribution is -2.44. The van der Waals surface area contributed by atoms with Crippen LogP contribution in [0, 0.1) is 5.82 Å². The van der Waals surface area contributed by atoms with Crippen LogP contribution in [-0.2, 0) is 29.0 Å². The van der Waals surface area contributed by atoms with Crippen LogP contribution in [0.15, 0.2) is 48.5 Å². The van der Waals surface area contributed by atoms with Crippen molar-refractivity contribution in [1.82, 2.24) is 10.2 Å². The Labute approximate surface area is 166 Å². The van der Waals surface area contributed by atoms with Gasteiger partial charge in [-0.25, -0.2) is 4.39 Å². The zero-order valence-electron chi connectivity index (χ0n) is 16.7. The average Bonchev–Trinajstić information content (AvgIpc) is 2.66. The molecule has 0 aromatic heterocycles. The van der Waals surface area contributed by atoms with Crippen LogP contribution in [0.5, 0.6) is 0 Å². The Morgan fingerprint density at radius 3 is 2.39 bits per heavy atom. The van der Waals surface area contributed by atoms with E-state index in [1.165, 1.54) is 11.6 Å². The predicted molar refractivity (Wildman–Crippen MR) is 108 cm³/mol. The Kier molecular flexibility index (Phi) is 7.18. The van der Waals surface area contributed by atoms with Gasteiger partial charge in [-0.1, -0.05) is 42.5 Å². The van der Waals surface area contributed by atoms with Crippen molar-refractivity contribution in [3.05, 3.63) is 71.0 Å². The molecular formula is C23H29FN2O2. The van der Waals surface area contributed by atoms with E-state index in [1.807, 2.05) is 0 Å². The lowest BCUT2D eigenvalue weighted by molar-refractivity contribution is -0.121. The zero-order valence-corrected chi connectivity index (χ0v) is 16.7. The number of carbonyl (C=O) groups is 1. The van der Waals surface area contributed by atoms with Crippen LogP contribution in [0.25, 0.3) is 0 Å². The minimum absolute atomic E-state index is 0.0661. The molecule has 28 heavy (non-hydrogen) atoms. The molecule has 2 atom stereocenters. The second kappa shape index (κ2) is 9.80. The summed E-state index contributed by atoms with van der Waals surface area (Å²) in [6.45, 7) is 7.52. The first kappa shape index (κ1) is 20.5. The SMILES string of the molecule is C[C@@H]1CN(Cc2ccc(CNC(=O)CCc3ccccc3F)cc2)C[C@@H](C)O1. The number of carbonyl (C=O) groups excluding carboxylic acids is 1. The Morgan fingerprint density at radius 2 is 1.71 bits per heavy atom. The maximum absolute atomic E-state index is 13.6. The van der Waals surface area contributed by atoms with E-state index in [-0.39, 0.29) is 30.4 Å². The maximum atomic E-state index is 13.6. The number of rotatable bonds is 7. The summed E-state index contributed by atoms with van der Waals surface area (Å²) in [5.41, 5.74) is 2.90. The predicted octanol–water partition coefficient (Wildman–Crippen LogP) is 3.68. The molecule has 150 valence electrons. The molecule has 2 aromatic carbocycles. The second-order valence-corrected chi connectivity index (χ2v) is 7.64. The minimum Gasteiger partial charge on any atom is -0.373 e. The molecule has 4 nitrogen and oxygen atoms in total. The molecule has 1 aliphatic rings. The Hall–Kier alpha value is -2.24. The summed E-state index contributed by atoms with van der Waals surface area (Å²) in [5.74, 6) is -0.321. The molecule has 5 heteroatoms. The molecule has 1 amide bonds. The molecule has 1 fully saturated rings. The van der Waals surface area contributed by atoms with E-state index < -0.39 is 0 Å². The van der Waals surface area contributed by atoms with Gasteiger partial charge in [0.25, 0.3) is 0 Å². The zero-order chi connectivity index (χ0) is 19.9. The van der Waals surface area contributed by atoms with Gasteiger partial charge in [0.1, 0.15) is 5.82 Å². The van der Waals surface area contributed by atoms with Crippen molar-refractivity contribution in [2.75, 3.05) is 13.1 Å². The molecule has 0 radical (unpaired) electrons. The highest BCUT2D eigenvalue weighted by molar-refractivity contribution is 5.76. The third kappa shape index (κ3) is 6.14. The second-order valence-electron chi connectivity index (χ2n) is 7.64. The van der Waals surface area contributed by atoms with Crippen molar-refractivity contribution in [3.8, 4) is 0 Å². The third-order valence-corrected chi connectivity index (χ3v) is 4.99. The van der Waals surface area contributed by atoms with Gasteiger partial charge in [0.15, 0.2) is 0 Å². The summed E-state index contributed by atoms with van der Waals surface area (Å²) in [7, 11) is 0. The fraction of sp³-hybridized carbons (Fsp3) is 0.435. The Bertz CT molecular complexity index is 768. The summed E-state index contributed by atoms with van der Waals surface area (Å²) in [6, 6.07) is 14.9. The smallest absolute Gasteiger partial charge is 0.220 e. The van der Waals surface area contributed by atoms with Crippen molar-refractivity contribution in [1.29, 1.82) is 0 Å². The highest BCUT2D eigenvalue weighted by atomic mass is 19.1. The summed E-state index contributed by atoms with van der Waals surface area (Å²) >= 11 is 0. The fourth-order valence-electron chi connectivity index (χ4n) is 3.67. The molecule has 0 unspecified atom stereocenters. The molecule has 3 rings (SSSR count). The largest absolute Gasteiger partial charge is 0.373 e. The number of hydrogen-bond acceptors (Lipinski definition) is 3. The molecule has 0 spiro atoms. The quantitative estimate of drug-likeness (QED) is 0.792. The normalized spacial score (nSPS) is 20.1. The fourth-order valence-corrected chi connectivity index (χ4v) is 3.67. The van der Waals surface area contributed by atoms with Crippen molar-refractivity contribution in [2.45, 2.75) is 52.0 Å². The Morgan fingerprint density at radius 1 is 1.07 bits per heavy atom. The van der Waals surface area contributed by atoms with Crippen LogP contribution < -0.4 is 5.32 Å². The van der Waals surface area contributed by atoms with Gasteiger partial charge < -0.3 is 10.1 Å². The van der Waals surface area contributed by atoms with Gasteiger partial charge in [0, 0.05) is 32.6 Å². The minimum atomic E-state index is -0.255. The van der Waals surface area contributed by atoms with Crippen molar-refractivity contribution >= 4 is 5.91 Å². The molecule has 1 N–H and O–H groups in total. The topological polar surface area (TPSA) is 41.6 Å². The van der Waals surface area contributed by atoms with Gasteiger partial charge in [-0.05, 0) is 43.0 Å². The summed E-state index contributed by atoms with van der Waals surface area (Å²) in [5, 5.41) is 2.91. The molecular weight excluding hydrogens is 355 g/mol. The molecule has 0 saturated carbocycles. The Balaban J connectivity index is 1.42. The van der Waals surface area contributed by atoms with Crippen molar-refractivity contribution in [2.24, 2.45) is 0 Å². The number of nitrogens with zero attached hydrogens (tertiary/aromatic N) is 1. The number of ether oxygens (including phenoxy) is 1. The van der Waals surface area contributed by atoms with Gasteiger partial charge >= 0.3 is 0 Å². The van der Waals surface area contributed by atoms with Crippen LogP contribution in [0.4, 0.5) is 4.39 Å². The number of nitrogens with one attached hydrogen (secondary N) is 1. The average molecular weight is 384 g/mol. The molecule has 0 aliphatic carbocycles. The van der Waals surface area contributed by atoms with E-state index in [0.29, 0.717) is 18.5 Å². The van der Waals surface area contributed by atoms with Gasteiger partial charge in [-0.3, -0.25) is 9.69 Å². The number of aryl methyl sites for hydroxylation is 1. The lowest BCUT2D eigenvalue weighted by atomic mass is 10.1. The number of hydrogen-bond donors (Lipinski definition) is 1. The van der Waals surface area contributed by atoms with E-state index >= 15 is 0 Å². The number of benzene rings is 2. The van der Waals surface area contributed by atoms with Gasteiger partial charge in [0.2, 0.25) is 5.91 Å². The summed E-state index contributed by atoms with van der Waals surface area (Å²) < 4.78 is 19.4. The van der Waals surface area contributed by atoms with Crippen LogP contribution in [-0.4, -0.2) is 36.1 Å². The molecule has 1 heterocycles. The van der Waals surface area contributed by atoms with E-state index in [0.717, 1.165) is 25.2 Å². The van der Waals surface area contributed by atoms with Gasteiger partial charge in [-0.2, -0.15) is 0 Å². The first-order chi connectivity index (χ1) is 13.5. The maximum Gasteiger partial charge on any atom is 0.220 e. The molecule has 2 aromatic rings. The third-order valence-electron chi connectivity index (χ3n) is 4.99. The van der Waals surface area contributed by atoms with Gasteiger partial charge in [0.05, 0.1) is 12.2 Å². The standard InChI is InChI=1S/C23H29FN2O2/c1-17-14-26(15-18(2)28-17)16-20-9-7-19(8-10-20)13-25-23(27)12-11-21-5-3-4-6-22(21)24/h3-10,17-18H,11-16H2,1-2H3,(H,25,27)/t17-,18-/m1/s1. The molecule has 0 bridgehead atoms. The van der Waals surface area contributed by atoms with Crippen molar-refractivity contribution < 1.29 is 13.9 Å². The first-order valence-corrected chi connectivity index (χ1v) is 9.95. The van der Waals surface area contributed by atoms with Crippen LogP contribution >= 0.6 is 0 Å². The number of halogens is 1. The molecule has 1 aliphatic heterocycles. The monoisotopic (exact) mass is 384 g/mol. The molecule has 1 saturated heterocycles.